The highest BCUT2D eigenvalue weighted by Gasteiger charge is 2.09. The predicted octanol–water partition coefficient (Wildman–Crippen LogP) is 4.86. The normalized spacial score (nSPS) is 10.7. The van der Waals surface area contributed by atoms with Crippen molar-refractivity contribution in [2.45, 2.75) is 90.9 Å². The van der Waals surface area contributed by atoms with E-state index in [9.17, 15) is 9.59 Å². The smallest absolute Gasteiger partial charge is 0.342 e. The highest BCUT2D eigenvalue weighted by molar-refractivity contribution is 5.81. The van der Waals surface area contributed by atoms with E-state index in [1.54, 1.807) is 13.1 Å². The number of carbonyl (C=O) groups excluding carboxylic acids is 2. The van der Waals surface area contributed by atoms with Crippen molar-refractivity contribution < 1.29 is 14.3 Å². The van der Waals surface area contributed by atoms with E-state index in [1.165, 1.54) is 68.9 Å². The molecule has 0 fully saturated rings. The quantitative estimate of drug-likeness (QED) is 0.349. The fourth-order valence-corrected chi connectivity index (χ4v) is 3.02. The van der Waals surface area contributed by atoms with E-state index < -0.39 is 12.0 Å². The minimum Gasteiger partial charge on any atom is -0.465 e. The molecule has 0 saturated heterocycles. The maximum Gasteiger partial charge on any atom is 0.342 e. The zero-order valence-corrected chi connectivity index (χ0v) is 17.2. The Morgan fingerprint density at radius 2 is 1.56 bits per heavy atom. The molecular formula is C21H37N3O3. The highest BCUT2D eigenvalue weighted by Crippen LogP contribution is 2.12. The molecule has 27 heavy (non-hydrogen) atoms. The molecule has 154 valence electrons. The molecule has 0 aliphatic carbocycles. The van der Waals surface area contributed by atoms with Crippen molar-refractivity contribution in [2.24, 2.45) is 0 Å². The topological polar surface area (TPSA) is 73.2 Å². The summed E-state index contributed by atoms with van der Waals surface area (Å²) in [6.45, 7) is 4.15. The lowest BCUT2D eigenvalue weighted by atomic mass is 10.0. The molecule has 0 spiro atoms. The summed E-state index contributed by atoms with van der Waals surface area (Å²) < 4.78 is 6.02. The van der Waals surface area contributed by atoms with Gasteiger partial charge in [0, 0.05) is 6.20 Å². The first-order valence-corrected chi connectivity index (χ1v) is 10.7. The van der Waals surface area contributed by atoms with Crippen LogP contribution in [0.5, 0.6) is 0 Å². The second kappa shape index (κ2) is 15.2. The van der Waals surface area contributed by atoms with Gasteiger partial charge in [0.1, 0.15) is 6.54 Å². The summed E-state index contributed by atoms with van der Waals surface area (Å²) >= 11 is 0. The van der Waals surface area contributed by atoms with Crippen molar-refractivity contribution in [3.63, 3.8) is 0 Å². The second-order valence-corrected chi connectivity index (χ2v) is 7.00. The lowest BCUT2D eigenvalue weighted by Crippen LogP contribution is -2.34. The molecule has 1 N–H and O–H groups in total. The summed E-state index contributed by atoms with van der Waals surface area (Å²) in [5.74, 6) is -0.445. The predicted molar refractivity (Wildman–Crippen MR) is 108 cm³/mol. The van der Waals surface area contributed by atoms with E-state index in [-0.39, 0.29) is 6.54 Å². The molecule has 1 aromatic rings. The molecule has 0 aliphatic heterocycles. The average molecular weight is 380 g/mol. The van der Waals surface area contributed by atoms with Gasteiger partial charge in [0.05, 0.1) is 12.3 Å². The molecule has 0 bridgehead atoms. The molecule has 1 heterocycles. The SMILES string of the molecule is CCCCCCCCCCCCCc1ccn(C(=O)NCC(=O)OCC)n1. The van der Waals surface area contributed by atoms with Crippen LogP contribution < -0.4 is 5.32 Å². The fraction of sp³-hybridized carbons (Fsp3) is 0.762. The van der Waals surface area contributed by atoms with Gasteiger partial charge < -0.3 is 10.1 Å². The third-order valence-electron chi connectivity index (χ3n) is 4.58. The largest absolute Gasteiger partial charge is 0.465 e. The number of carbonyl (C=O) groups is 2. The van der Waals surface area contributed by atoms with Crippen LogP contribution in [-0.4, -0.2) is 34.9 Å². The first-order chi connectivity index (χ1) is 13.2. The van der Waals surface area contributed by atoms with Crippen LogP contribution in [0.15, 0.2) is 12.3 Å². The van der Waals surface area contributed by atoms with Gasteiger partial charge >= 0.3 is 12.0 Å². The lowest BCUT2D eigenvalue weighted by Gasteiger charge is -2.04. The number of hydrogen-bond donors (Lipinski definition) is 1. The van der Waals surface area contributed by atoms with Gasteiger partial charge in [-0.05, 0) is 25.8 Å². The van der Waals surface area contributed by atoms with E-state index in [1.807, 2.05) is 6.07 Å². The number of nitrogens with one attached hydrogen (secondary N) is 1. The zero-order valence-electron chi connectivity index (χ0n) is 17.2. The van der Waals surface area contributed by atoms with Crippen molar-refractivity contribution in [3.05, 3.63) is 18.0 Å². The highest BCUT2D eigenvalue weighted by atomic mass is 16.5. The van der Waals surface area contributed by atoms with Gasteiger partial charge in [0.15, 0.2) is 0 Å². The lowest BCUT2D eigenvalue weighted by molar-refractivity contribution is -0.141. The Hall–Kier alpha value is -1.85. The number of hydrogen-bond acceptors (Lipinski definition) is 4. The van der Waals surface area contributed by atoms with Crippen LogP contribution in [0.2, 0.25) is 0 Å². The first kappa shape index (κ1) is 23.2. The van der Waals surface area contributed by atoms with Crippen LogP contribution in [-0.2, 0) is 16.0 Å². The van der Waals surface area contributed by atoms with Crippen LogP contribution in [0.1, 0.15) is 90.2 Å². The number of aryl methyl sites for hydroxylation is 1. The van der Waals surface area contributed by atoms with Gasteiger partial charge in [0.25, 0.3) is 0 Å². The molecule has 0 aliphatic rings. The van der Waals surface area contributed by atoms with Crippen molar-refractivity contribution in [3.8, 4) is 0 Å². The van der Waals surface area contributed by atoms with Gasteiger partial charge in [-0.15, -0.1) is 0 Å². The molecule has 1 aromatic heterocycles. The number of rotatable bonds is 15. The molecule has 0 radical (unpaired) electrons. The Morgan fingerprint density at radius 3 is 2.15 bits per heavy atom. The van der Waals surface area contributed by atoms with E-state index in [4.69, 9.17) is 4.74 Å². The monoisotopic (exact) mass is 379 g/mol. The van der Waals surface area contributed by atoms with Gasteiger partial charge in [-0.2, -0.15) is 9.78 Å². The van der Waals surface area contributed by atoms with Crippen LogP contribution >= 0.6 is 0 Å². The number of nitrogens with zero attached hydrogens (tertiary/aromatic N) is 2. The molecule has 6 nitrogen and oxygen atoms in total. The van der Waals surface area contributed by atoms with Crippen molar-refractivity contribution >= 4 is 12.0 Å². The minimum atomic E-state index is -0.445. The number of ether oxygens (including phenoxy) is 1. The van der Waals surface area contributed by atoms with E-state index in [2.05, 4.69) is 17.3 Å². The maximum atomic E-state index is 11.9. The summed E-state index contributed by atoms with van der Waals surface area (Å²) in [7, 11) is 0. The summed E-state index contributed by atoms with van der Waals surface area (Å²) in [6.07, 6.45) is 17.0. The fourth-order valence-electron chi connectivity index (χ4n) is 3.02. The molecule has 0 aromatic carbocycles. The number of amides is 1. The molecule has 1 amide bonds. The van der Waals surface area contributed by atoms with Gasteiger partial charge in [-0.25, -0.2) is 4.79 Å². The number of unbranched alkanes of at least 4 members (excludes halogenated alkanes) is 10. The Morgan fingerprint density at radius 1 is 0.963 bits per heavy atom. The Bertz CT molecular complexity index is 528. The Balaban J connectivity index is 2.05. The zero-order chi connectivity index (χ0) is 19.7. The molecule has 1 rings (SSSR count). The van der Waals surface area contributed by atoms with E-state index in [0.29, 0.717) is 6.61 Å². The van der Waals surface area contributed by atoms with Crippen LogP contribution in [0, 0.1) is 0 Å². The second-order valence-electron chi connectivity index (χ2n) is 7.00. The summed E-state index contributed by atoms with van der Waals surface area (Å²) in [5.41, 5.74) is 0.914. The van der Waals surface area contributed by atoms with E-state index in [0.717, 1.165) is 18.5 Å². The van der Waals surface area contributed by atoms with Crippen molar-refractivity contribution in [1.82, 2.24) is 15.1 Å². The Labute approximate surface area is 164 Å². The van der Waals surface area contributed by atoms with E-state index >= 15 is 0 Å². The molecule has 0 atom stereocenters. The standard InChI is InChI=1S/C21H37N3O3/c1-3-5-6-7-8-9-10-11-12-13-14-15-19-16-17-24(23-19)21(26)22-18-20(25)27-4-2/h16-17H,3-15,18H2,1-2H3,(H,22,26). The van der Waals surface area contributed by atoms with Gasteiger partial charge in [-0.3, -0.25) is 4.79 Å². The van der Waals surface area contributed by atoms with Crippen LogP contribution in [0.3, 0.4) is 0 Å². The maximum absolute atomic E-state index is 11.9. The van der Waals surface area contributed by atoms with Crippen molar-refractivity contribution in [1.29, 1.82) is 0 Å². The number of aromatic nitrogens is 2. The minimum absolute atomic E-state index is 0.138. The first-order valence-electron chi connectivity index (χ1n) is 10.7. The molecule has 6 heteroatoms. The summed E-state index contributed by atoms with van der Waals surface area (Å²) in [5, 5.41) is 6.77. The van der Waals surface area contributed by atoms with Gasteiger partial charge in [-0.1, -0.05) is 71.1 Å². The van der Waals surface area contributed by atoms with Crippen molar-refractivity contribution in [2.75, 3.05) is 13.2 Å². The Kier molecular flexibility index (Phi) is 13.1. The molecule has 0 unspecified atom stereocenters. The van der Waals surface area contributed by atoms with Gasteiger partial charge in [0.2, 0.25) is 0 Å². The van der Waals surface area contributed by atoms with Crippen LogP contribution in [0.25, 0.3) is 0 Å². The molecular weight excluding hydrogens is 342 g/mol. The van der Waals surface area contributed by atoms with Crippen LogP contribution in [0.4, 0.5) is 4.79 Å². The molecule has 0 saturated carbocycles. The number of esters is 1. The third-order valence-corrected chi connectivity index (χ3v) is 4.58. The summed E-state index contributed by atoms with van der Waals surface area (Å²) in [4.78, 5) is 23.2. The third kappa shape index (κ3) is 11.5. The summed E-state index contributed by atoms with van der Waals surface area (Å²) in [6, 6.07) is 1.45. The average Bonchev–Trinajstić information content (AvgIpc) is 3.13.